The van der Waals surface area contributed by atoms with Crippen molar-refractivity contribution >= 4 is 47.8 Å². The summed E-state index contributed by atoms with van der Waals surface area (Å²) in [6, 6.07) is 40.1. The third-order valence-corrected chi connectivity index (χ3v) is 8.79. The van der Waals surface area contributed by atoms with Gasteiger partial charge in [-0.1, -0.05) is 91.0 Å². The molecule has 0 N–H and O–H groups in total. The van der Waals surface area contributed by atoms with E-state index >= 15 is 0 Å². The molecule has 0 amide bonds. The van der Waals surface area contributed by atoms with Gasteiger partial charge in [-0.15, -0.1) is 0 Å². The quantitative estimate of drug-likeness (QED) is 0.176. The molecular weight excluding hydrogens is 555 g/mol. The van der Waals surface area contributed by atoms with Crippen molar-refractivity contribution < 1.29 is 18.3 Å². The van der Waals surface area contributed by atoms with Gasteiger partial charge in [-0.05, 0) is 23.8 Å². The fraction of sp³-hybridized carbons (Fsp3) is 0.107. The van der Waals surface area contributed by atoms with Crippen LogP contribution in [0.5, 0.6) is 5.75 Å². The molecule has 4 aromatic carbocycles. The first-order valence-corrected chi connectivity index (χ1v) is 17.4. The van der Waals surface area contributed by atoms with Gasteiger partial charge in [-0.2, -0.15) is 0 Å². The Morgan fingerprint density at radius 2 is 1.03 bits per heavy atom. The van der Waals surface area contributed by atoms with Crippen molar-refractivity contribution in [3.63, 3.8) is 0 Å². The van der Waals surface area contributed by atoms with Crippen LogP contribution in [0.4, 0.5) is 0 Å². The summed E-state index contributed by atoms with van der Waals surface area (Å²) in [5, 5.41) is 4.19. The van der Waals surface area contributed by atoms with Crippen molar-refractivity contribution in [1.29, 1.82) is 0 Å². The van der Waals surface area contributed by atoms with Gasteiger partial charge in [-0.25, -0.2) is 0 Å². The molecule has 0 heterocycles. The van der Waals surface area contributed by atoms with E-state index in [0.29, 0.717) is 0 Å². The molecule has 172 valence electrons. The molecule has 0 bridgehead atoms. The van der Waals surface area contributed by atoms with Crippen molar-refractivity contribution in [2.75, 3.05) is 0 Å². The van der Waals surface area contributed by atoms with E-state index in [-0.39, 0.29) is 6.10 Å². The summed E-state index contributed by atoms with van der Waals surface area (Å²) in [7, 11) is 11.2. The molecule has 5 heteroatoms. The van der Waals surface area contributed by atoms with Gasteiger partial charge in [-0.3, -0.25) is 0 Å². The van der Waals surface area contributed by atoms with Crippen molar-refractivity contribution in [3.8, 4) is 5.75 Å². The Labute approximate surface area is 211 Å². The van der Waals surface area contributed by atoms with Crippen LogP contribution in [0.1, 0.15) is 19.4 Å². The Kier molecular flexibility index (Phi) is 10.8. The number of halogens is 2. The maximum atomic E-state index is 5.82. The summed E-state index contributed by atoms with van der Waals surface area (Å²) in [4.78, 5) is 0. The van der Waals surface area contributed by atoms with Crippen LogP contribution in [0.15, 0.2) is 115 Å². The van der Waals surface area contributed by atoms with E-state index in [1.165, 1.54) is 15.9 Å². The third kappa shape index (κ3) is 8.48. The van der Waals surface area contributed by atoms with Crippen LogP contribution < -0.4 is 20.7 Å². The molecule has 0 aliphatic rings. The van der Waals surface area contributed by atoms with E-state index in [0.717, 1.165) is 11.3 Å². The Balaban J connectivity index is 0.000000196. The molecule has 0 atom stereocenters. The molecule has 4 aromatic rings. The molecule has 0 aliphatic heterocycles. The normalized spacial score (nSPS) is 10.9. The van der Waals surface area contributed by atoms with Crippen molar-refractivity contribution in [2.24, 2.45) is 0 Å². The average molecular weight is 582 g/mol. The molecule has 1 nitrogen and oxygen atoms in total. The van der Waals surface area contributed by atoms with E-state index in [9.17, 15) is 0 Å². The standard InChI is InChI=1S/C18H15P.C10H12O.2ClH.Ru/c1-4-10-16(11-5-1)19(17-12-6-2-7-13-17)18-14-8-3-9-15-18;1-8(2)11-10-7-5-4-6-9(10)3;;;/h1-15H;3-8H,1-2H3;2*1H;/q;;;;+2/p-2. The van der Waals surface area contributed by atoms with Gasteiger partial charge in [0.1, 0.15) is 0 Å². The van der Waals surface area contributed by atoms with Crippen LogP contribution in [-0.4, -0.2) is 10.7 Å². The zero-order chi connectivity index (χ0) is 23.5. The minimum absolute atomic E-state index is 0.163. The number of hydrogen-bond donors (Lipinski definition) is 0. The van der Waals surface area contributed by atoms with E-state index in [4.69, 9.17) is 24.1 Å². The number of benzene rings is 4. The van der Waals surface area contributed by atoms with Gasteiger partial charge in [0.25, 0.3) is 0 Å². The van der Waals surface area contributed by atoms with Crippen LogP contribution in [0.25, 0.3) is 0 Å². The van der Waals surface area contributed by atoms with E-state index in [1.807, 2.05) is 42.7 Å². The molecule has 0 unspecified atom stereocenters. The second kappa shape index (κ2) is 13.8. The first kappa shape index (κ1) is 25.8. The van der Waals surface area contributed by atoms with Crippen LogP contribution in [-0.2, 0) is 13.5 Å². The van der Waals surface area contributed by atoms with Gasteiger partial charge in [0.2, 0.25) is 0 Å². The monoisotopic (exact) mass is 582 g/mol. The van der Waals surface area contributed by atoms with E-state index in [2.05, 4.69) is 91.0 Å². The fourth-order valence-electron chi connectivity index (χ4n) is 3.19. The number of ether oxygens (including phenoxy) is 1. The second-order valence-corrected chi connectivity index (χ2v) is 15.3. The average Bonchev–Trinajstić information content (AvgIpc) is 2.83. The summed E-state index contributed by atoms with van der Waals surface area (Å²) < 4.78 is 7.51. The Morgan fingerprint density at radius 1 is 0.636 bits per heavy atom. The molecule has 0 spiro atoms. The smallest absolute Gasteiger partial charge is 0.0134 e. The van der Waals surface area contributed by atoms with Crippen LogP contribution >= 0.6 is 27.3 Å². The molecule has 0 saturated carbocycles. The van der Waals surface area contributed by atoms with Gasteiger partial charge < -0.3 is 0 Å². The predicted molar refractivity (Wildman–Crippen MR) is 144 cm³/mol. The number of hydrogen-bond acceptors (Lipinski definition) is 1. The van der Waals surface area contributed by atoms with E-state index in [1.54, 1.807) is 0 Å². The predicted octanol–water partition coefficient (Wildman–Crippen LogP) is 6.99. The Bertz CT molecular complexity index is 1040. The van der Waals surface area contributed by atoms with Gasteiger partial charge in [0.15, 0.2) is 0 Å². The first-order valence-electron chi connectivity index (χ1n) is 10.6. The Morgan fingerprint density at radius 3 is 1.42 bits per heavy atom. The van der Waals surface area contributed by atoms with Gasteiger partial charge in [0, 0.05) is 0 Å². The number of rotatable bonds is 6. The maximum absolute atomic E-state index is 5.82. The third-order valence-electron chi connectivity index (χ3n) is 4.51. The molecule has 0 fully saturated rings. The fourth-order valence-corrected chi connectivity index (χ4v) is 7.30. The summed E-state index contributed by atoms with van der Waals surface area (Å²) in [5.74, 6) is 0.850. The molecule has 0 aliphatic carbocycles. The Hall–Kier alpha value is -1.82. The van der Waals surface area contributed by atoms with Gasteiger partial charge >= 0.3 is 97.8 Å². The zero-order valence-electron chi connectivity index (χ0n) is 18.6. The van der Waals surface area contributed by atoms with Crippen molar-refractivity contribution in [3.05, 3.63) is 121 Å². The van der Waals surface area contributed by atoms with Crippen LogP contribution in [0, 0.1) is 0 Å². The van der Waals surface area contributed by atoms with Crippen molar-refractivity contribution in [1.82, 2.24) is 0 Å². The molecule has 33 heavy (non-hydrogen) atoms. The summed E-state index contributed by atoms with van der Waals surface area (Å²) >= 11 is -1.77. The minimum atomic E-state index is -1.77. The first-order chi connectivity index (χ1) is 16.0. The minimum Gasteiger partial charge on any atom is -0.0622 e. The van der Waals surface area contributed by atoms with Crippen LogP contribution in [0.2, 0.25) is 0 Å². The van der Waals surface area contributed by atoms with Crippen molar-refractivity contribution in [2.45, 2.75) is 20.0 Å². The molecular formula is C28H27Cl2OPRu. The molecule has 4 rings (SSSR count). The molecule has 0 radical (unpaired) electrons. The zero-order valence-corrected chi connectivity index (χ0v) is 22.7. The topological polar surface area (TPSA) is 9.23 Å². The summed E-state index contributed by atoms with van der Waals surface area (Å²) in [5.41, 5.74) is 0.991. The largest absolute Gasteiger partial charge is 0.0622 e. The SMILES string of the molecule is CC(C)Oc1ccccc1[CH]=[Ru]([Cl])[Cl].c1ccc(P(c2ccccc2)c2ccccc2)cc1. The number of para-hydroxylation sites is 1. The van der Waals surface area contributed by atoms with E-state index < -0.39 is 21.4 Å². The second-order valence-electron chi connectivity index (χ2n) is 7.35. The summed E-state index contributed by atoms with van der Waals surface area (Å²) in [6.45, 7) is 3.99. The summed E-state index contributed by atoms with van der Waals surface area (Å²) in [6.07, 6.45) is 0.163. The maximum Gasteiger partial charge on any atom is -0.0134 e. The molecule has 0 saturated heterocycles. The van der Waals surface area contributed by atoms with Crippen LogP contribution in [0.3, 0.4) is 0 Å². The molecule has 0 aromatic heterocycles. The van der Waals surface area contributed by atoms with Gasteiger partial charge in [0.05, 0.1) is 0 Å².